The average molecular weight is 278 g/mol. The summed E-state index contributed by atoms with van der Waals surface area (Å²) in [7, 11) is 0. The summed E-state index contributed by atoms with van der Waals surface area (Å²) in [5.41, 5.74) is 1.11. The van der Waals surface area contributed by atoms with E-state index >= 15 is 0 Å². The van der Waals surface area contributed by atoms with Gasteiger partial charge in [0.15, 0.2) is 0 Å². The Morgan fingerprint density at radius 2 is 1.95 bits per heavy atom. The number of anilines is 1. The highest BCUT2D eigenvalue weighted by molar-refractivity contribution is 5.94. The van der Waals surface area contributed by atoms with Crippen molar-refractivity contribution in [2.24, 2.45) is 5.41 Å². The van der Waals surface area contributed by atoms with Crippen molar-refractivity contribution in [3.05, 3.63) is 29.8 Å². The van der Waals surface area contributed by atoms with Gasteiger partial charge >= 0.3 is 0 Å². The number of aliphatic hydroxyl groups excluding tert-OH is 1. The second-order valence-electron chi connectivity index (χ2n) is 5.52. The van der Waals surface area contributed by atoms with Crippen LogP contribution in [0.1, 0.15) is 37.0 Å². The first-order chi connectivity index (χ1) is 9.48. The fraction of sp³-hybridized carbons (Fsp3) is 0.467. The molecule has 0 aliphatic carbocycles. The van der Waals surface area contributed by atoms with E-state index < -0.39 is 0 Å². The molecule has 0 atom stereocenters. The molecule has 0 saturated heterocycles. The summed E-state index contributed by atoms with van der Waals surface area (Å²) in [5.74, 6) is -0.135. The van der Waals surface area contributed by atoms with E-state index in [9.17, 15) is 9.59 Å². The van der Waals surface area contributed by atoms with Gasteiger partial charge in [-0.15, -0.1) is 0 Å². The second-order valence-corrected chi connectivity index (χ2v) is 5.52. The van der Waals surface area contributed by atoms with Crippen molar-refractivity contribution in [2.75, 3.05) is 18.5 Å². The normalized spacial score (nSPS) is 10.9. The zero-order chi connectivity index (χ0) is 15.0. The van der Waals surface area contributed by atoms with Crippen LogP contribution in [0.3, 0.4) is 0 Å². The molecule has 1 aromatic carbocycles. The molecule has 2 amide bonds. The molecule has 0 spiro atoms. The molecule has 110 valence electrons. The number of carbonyl (C=O) groups is 2. The number of amides is 2. The standard InChI is InChI=1S/C15H22N2O3/c1-15(2,10-18)8-3-9-16-14(20)12-4-6-13(7-5-12)17-11-19/h4-7,11,18H,3,8-10H2,1-2H3,(H,16,20)(H,17,19). The van der Waals surface area contributed by atoms with Crippen LogP contribution in [-0.2, 0) is 4.79 Å². The minimum absolute atomic E-state index is 0.104. The van der Waals surface area contributed by atoms with E-state index in [0.717, 1.165) is 12.8 Å². The van der Waals surface area contributed by atoms with Crippen molar-refractivity contribution in [3.8, 4) is 0 Å². The predicted molar refractivity (Wildman–Crippen MR) is 78.6 cm³/mol. The van der Waals surface area contributed by atoms with Crippen molar-refractivity contribution in [1.29, 1.82) is 0 Å². The maximum absolute atomic E-state index is 11.9. The molecule has 1 rings (SSSR count). The maximum Gasteiger partial charge on any atom is 0.251 e. The summed E-state index contributed by atoms with van der Waals surface area (Å²) in [6.07, 6.45) is 2.27. The van der Waals surface area contributed by atoms with Crippen LogP contribution in [0.4, 0.5) is 5.69 Å². The Hall–Kier alpha value is -1.88. The Bertz CT molecular complexity index is 441. The molecule has 0 aliphatic rings. The molecule has 0 fully saturated rings. The van der Waals surface area contributed by atoms with Gasteiger partial charge in [-0.25, -0.2) is 0 Å². The minimum atomic E-state index is -0.135. The van der Waals surface area contributed by atoms with Crippen LogP contribution >= 0.6 is 0 Å². The SMILES string of the molecule is CC(C)(CO)CCCNC(=O)c1ccc(NC=O)cc1. The van der Waals surface area contributed by atoms with Crippen molar-refractivity contribution >= 4 is 18.0 Å². The number of hydrogen-bond acceptors (Lipinski definition) is 3. The molecule has 20 heavy (non-hydrogen) atoms. The van der Waals surface area contributed by atoms with E-state index in [-0.39, 0.29) is 17.9 Å². The molecule has 0 aromatic heterocycles. The highest BCUT2D eigenvalue weighted by Gasteiger charge is 2.15. The third-order valence-electron chi connectivity index (χ3n) is 3.12. The second kappa shape index (κ2) is 7.65. The van der Waals surface area contributed by atoms with Gasteiger partial charge in [-0.3, -0.25) is 9.59 Å². The number of rotatable bonds is 8. The van der Waals surface area contributed by atoms with Gasteiger partial charge in [0, 0.05) is 24.4 Å². The topological polar surface area (TPSA) is 78.4 Å². The van der Waals surface area contributed by atoms with Gasteiger partial charge in [-0.2, -0.15) is 0 Å². The Kier molecular flexibility index (Phi) is 6.18. The van der Waals surface area contributed by atoms with Gasteiger partial charge in [0.2, 0.25) is 6.41 Å². The number of benzene rings is 1. The summed E-state index contributed by atoms with van der Waals surface area (Å²) in [6.45, 7) is 4.71. The Labute approximate surface area is 119 Å². The van der Waals surface area contributed by atoms with Gasteiger partial charge in [0.05, 0.1) is 0 Å². The summed E-state index contributed by atoms with van der Waals surface area (Å²) in [6, 6.07) is 6.69. The average Bonchev–Trinajstić information content (AvgIpc) is 2.44. The van der Waals surface area contributed by atoms with Crippen molar-refractivity contribution in [3.63, 3.8) is 0 Å². The highest BCUT2D eigenvalue weighted by atomic mass is 16.3. The highest BCUT2D eigenvalue weighted by Crippen LogP contribution is 2.20. The third-order valence-corrected chi connectivity index (χ3v) is 3.12. The van der Waals surface area contributed by atoms with Crippen molar-refractivity contribution in [1.82, 2.24) is 5.32 Å². The van der Waals surface area contributed by atoms with Crippen LogP contribution in [0.15, 0.2) is 24.3 Å². The molecule has 0 unspecified atom stereocenters. The van der Waals surface area contributed by atoms with Gasteiger partial charge in [-0.05, 0) is 42.5 Å². The van der Waals surface area contributed by atoms with Crippen molar-refractivity contribution < 1.29 is 14.7 Å². The maximum atomic E-state index is 11.9. The molecule has 0 heterocycles. The van der Waals surface area contributed by atoms with E-state index in [1.807, 2.05) is 13.8 Å². The van der Waals surface area contributed by atoms with Crippen LogP contribution in [0.2, 0.25) is 0 Å². The number of nitrogens with one attached hydrogen (secondary N) is 2. The molecular weight excluding hydrogens is 256 g/mol. The molecule has 0 radical (unpaired) electrons. The molecular formula is C15H22N2O3. The quantitative estimate of drug-likeness (QED) is 0.501. The van der Waals surface area contributed by atoms with Gasteiger partial charge in [0.25, 0.3) is 5.91 Å². The Morgan fingerprint density at radius 3 is 2.50 bits per heavy atom. The van der Waals surface area contributed by atoms with Crippen LogP contribution < -0.4 is 10.6 Å². The first-order valence-corrected chi connectivity index (χ1v) is 6.68. The summed E-state index contributed by atoms with van der Waals surface area (Å²) in [4.78, 5) is 22.1. The predicted octanol–water partition coefficient (Wildman–Crippen LogP) is 1.78. The van der Waals surface area contributed by atoms with E-state index in [4.69, 9.17) is 5.11 Å². The lowest BCUT2D eigenvalue weighted by molar-refractivity contribution is -0.105. The molecule has 1 aromatic rings. The monoisotopic (exact) mass is 278 g/mol. The van der Waals surface area contributed by atoms with Crippen LogP contribution in [-0.4, -0.2) is 30.6 Å². The van der Waals surface area contributed by atoms with E-state index in [0.29, 0.717) is 24.2 Å². The zero-order valence-electron chi connectivity index (χ0n) is 12.0. The number of carbonyl (C=O) groups excluding carboxylic acids is 2. The lowest BCUT2D eigenvalue weighted by atomic mass is 9.89. The van der Waals surface area contributed by atoms with E-state index in [2.05, 4.69) is 10.6 Å². The Morgan fingerprint density at radius 1 is 1.30 bits per heavy atom. The molecule has 3 N–H and O–H groups in total. The fourth-order valence-corrected chi connectivity index (χ4v) is 1.74. The molecule has 0 bridgehead atoms. The van der Waals surface area contributed by atoms with Gasteiger partial charge in [0.1, 0.15) is 0 Å². The first kappa shape index (κ1) is 16.2. The third kappa shape index (κ3) is 5.40. The summed E-state index contributed by atoms with van der Waals surface area (Å²) in [5, 5.41) is 14.5. The molecule has 5 heteroatoms. The van der Waals surface area contributed by atoms with Crippen LogP contribution in [0, 0.1) is 5.41 Å². The summed E-state index contributed by atoms with van der Waals surface area (Å²) < 4.78 is 0. The molecule has 5 nitrogen and oxygen atoms in total. The lowest BCUT2D eigenvalue weighted by Crippen LogP contribution is -2.26. The Balaban J connectivity index is 2.37. The fourth-order valence-electron chi connectivity index (χ4n) is 1.74. The number of hydrogen-bond donors (Lipinski definition) is 3. The van der Waals surface area contributed by atoms with E-state index in [1.54, 1.807) is 24.3 Å². The minimum Gasteiger partial charge on any atom is -0.396 e. The molecule has 0 saturated carbocycles. The van der Waals surface area contributed by atoms with Crippen LogP contribution in [0.25, 0.3) is 0 Å². The van der Waals surface area contributed by atoms with E-state index in [1.165, 1.54) is 0 Å². The van der Waals surface area contributed by atoms with Crippen molar-refractivity contribution in [2.45, 2.75) is 26.7 Å². The molecule has 0 aliphatic heterocycles. The smallest absolute Gasteiger partial charge is 0.251 e. The van der Waals surface area contributed by atoms with Crippen LogP contribution in [0.5, 0.6) is 0 Å². The first-order valence-electron chi connectivity index (χ1n) is 6.68. The number of aliphatic hydroxyl groups is 1. The lowest BCUT2D eigenvalue weighted by Gasteiger charge is -2.21. The van der Waals surface area contributed by atoms with Gasteiger partial charge in [-0.1, -0.05) is 13.8 Å². The summed E-state index contributed by atoms with van der Waals surface area (Å²) >= 11 is 0. The zero-order valence-corrected chi connectivity index (χ0v) is 12.0. The van der Waals surface area contributed by atoms with Gasteiger partial charge < -0.3 is 15.7 Å². The largest absolute Gasteiger partial charge is 0.396 e.